The van der Waals surface area contributed by atoms with Crippen molar-refractivity contribution in [1.29, 1.82) is 0 Å². The summed E-state index contributed by atoms with van der Waals surface area (Å²) in [6.07, 6.45) is 1.41. The predicted molar refractivity (Wildman–Crippen MR) is 76.8 cm³/mol. The average Bonchev–Trinajstić information content (AvgIpc) is 2.41. The molecular weight excluding hydrogens is 296 g/mol. The largest absolute Gasteiger partial charge is 0.496 e. The molecule has 1 saturated heterocycles. The van der Waals surface area contributed by atoms with Crippen molar-refractivity contribution in [1.82, 2.24) is 0 Å². The van der Waals surface area contributed by atoms with Gasteiger partial charge >= 0.3 is 11.9 Å². The molecule has 1 aromatic carbocycles. The molecule has 0 saturated carbocycles. The highest BCUT2D eigenvalue weighted by atomic mass is 35.5. The maximum atomic E-state index is 11.9. The summed E-state index contributed by atoms with van der Waals surface area (Å²) in [6, 6.07) is 5.16. The second-order valence-electron chi connectivity index (χ2n) is 4.94. The summed E-state index contributed by atoms with van der Waals surface area (Å²) in [5.41, 5.74) is 1.24. The van der Waals surface area contributed by atoms with Crippen molar-refractivity contribution in [2.45, 2.75) is 25.5 Å². The molecule has 1 heterocycles. The van der Waals surface area contributed by atoms with Crippen LogP contribution in [0, 0.1) is 0 Å². The van der Waals surface area contributed by atoms with Crippen molar-refractivity contribution >= 4 is 29.6 Å². The van der Waals surface area contributed by atoms with Crippen molar-refractivity contribution < 1.29 is 23.8 Å². The van der Waals surface area contributed by atoms with Crippen LogP contribution in [-0.4, -0.2) is 24.8 Å². The Labute approximate surface area is 127 Å². The van der Waals surface area contributed by atoms with Crippen LogP contribution in [-0.2, 0) is 24.9 Å². The molecule has 1 aliphatic rings. The molecule has 1 aromatic rings. The van der Waals surface area contributed by atoms with Gasteiger partial charge < -0.3 is 14.2 Å². The van der Waals surface area contributed by atoms with Gasteiger partial charge in [0.2, 0.25) is 0 Å². The van der Waals surface area contributed by atoms with Gasteiger partial charge in [0.05, 0.1) is 13.0 Å². The molecule has 0 atom stereocenters. The Morgan fingerprint density at radius 1 is 1.24 bits per heavy atom. The standard InChI is InChI=1S/C15H15ClO5/c1-15(2)20-13(17)11(14(18)21-15)7-9-4-5-12(19-3)10(6-9)8-16/h4-7H,8H2,1-3H3. The van der Waals surface area contributed by atoms with Gasteiger partial charge in [0.25, 0.3) is 5.79 Å². The Kier molecular flexibility index (Phi) is 4.23. The number of rotatable bonds is 3. The van der Waals surface area contributed by atoms with Crippen molar-refractivity contribution in [2.75, 3.05) is 7.11 Å². The van der Waals surface area contributed by atoms with E-state index in [1.54, 1.807) is 25.3 Å². The third kappa shape index (κ3) is 3.36. The lowest BCUT2D eigenvalue weighted by molar-refractivity contribution is -0.222. The molecule has 0 spiro atoms. The van der Waals surface area contributed by atoms with Crippen molar-refractivity contribution in [3.8, 4) is 5.75 Å². The highest BCUT2D eigenvalue weighted by molar-refractivity contribution is 6.19. The molecule has 0 bridgehead atoms. The number of carbonyl (C=O) groups is 2. The molecule has 0 unspecified atom stereocenters. The van der Waals surface area contributed by atoms with Gasteiger partial charge in [-0.05, 0) is 23.8 Å². The minimum absolute atomic E-state index is 0.153. The fourth-order valence-electron chi connectivity index (χ4n) is 1.94. The summed E-state index contributed by atoms with van der Waals surface area (Å²) < 4.78 is 15.2. The number of hydrogen-bond donors (Lipinski definition) is 0. The molecule has 1 fully saturated rings. The first-order valence-electron chi connectivity index (χ1n) is 6.27. The molecule has 0 radical (unpaired) electrons. The third-order valence-electron chi connectivity index (χ3n) is 2.88. The summed E-state index contributed by atoms with van der Waals surface area (Å²) >= 11 is 5.84. The summed E-state index contributed by atoms with van der Waals surface area (Å²) in [5, 5.41) is 0. The zero-order valence-corrected chi connectivity index (χ0v) is 12.7. The topological polar surface area (TPSA) is 61.8 Å². The van der Waals surface area contributed by atoms with E-state index in [4.69, 9.17) is 25.8 Å². The molecule has 0 aromatic heterocycles. The summed E-state index contributed by atoms with van der Waals surface area (Å²) in [6.45, 7) is 3.00. The minimum atomic E-state index is -1.24. The monoisotopic (exact) mass is 310 g/mol. The molecule has 0 aliphatic carbocycles. The molecule has 21 heavy (non-hydrogen) atoms. The van der Waals surface area contributed by atoms with Crippen LogP contribution in [0.1, 0.15) is 25.0 Å². The first kappa shape index (κ1) is 15.4. The molecule has 1 aliphatic heterocycles. The van der Waals surface area contributed by atoms with Gasteiger partial charge in [-0.2, -0.15) is 0 Å². The Balaban J connectivity index is 2.35. The molecule has 0 amide bonds. The van der Waals surface area contributed by atoms with Gasteiger partial charge in [-0.25, -0.2) is 9.59 Å². The number of benzene rings is 1. The normalized spacial score (nSPS) is 17.0. The second kappa shape index (κ2) is 5.77. The van der Waals surface area contributed by atoms with E-state index >= 15 is 0 Å². The van der Waals surface area contributed by atoms with Crippen LogP contribution < -0.4 is 4.74 Å². The van der Waals surface area contributed by atoms with Crippen LogP contribution in [0.3, 0.4) is 0 Å². The number of esters is 2. The Morgan fingerprint density at radius 2 is 1.86 bits per heavy atom. The number of methoxy groups -OCH3 is 1. The highest BCUT2D eigenvalue weighted by Crippen LogP contribution is 2.26. The maximum Gasteiger partial charge on any atom is 0.348 e. The van der Waals surface area contributed by atoms with E-state index in [1.165, 1.54) is 19.9 Å². The van der Waals surface area contributed by atoms with Crippen LogP contribution in [0.25, 0.3) is 6.08 Å². The summed E-state index contributed by atoms with van der Waals surface area (Å²) in [4.78, 5) is 23.7. The second-order valence-corrected chi connectivity index (χ2v) is 5.21. The van der Waals surface area contributed by atoms with Crippen molar-refractivity contribution in [3.63, 3.8) is 0 Å². The van der Waals surface area contributed by atoms with Crippen molar-refractivity contribution in [2.24, 2.45) is 0 Å². The first-order chi connectivity index (χ1) is 9.86. The van der Waals surface area contributed by atoms with E-state index in [1.807, 2.05) is 0 Å². The average molecular weight is 311 g/mol. The molecule has 2 rings (SSSR count). The van der Waals surface area contributed by atoms with Gasteiger partial charge in [-0.1, -0.05) is 6.07 Å². The van der Waals surface area contributed by atoms with Crippen LogP contribution in [0.15, 0.2) is 23.8 Å². The quantitative estimate of drug-likeness (QED) is 0.372. The first-order valence-corrected chi connectivity index (χ1v) is 6.81. The zero-order chi connectivity index (χ0) is 15.6. The zero-order valence-electron chi connectivity index (χ0n) is 11.9. The number of halogens is 1. The van der Waals surface area contributed by atoms with Crippen LogP contribution in [0.2, 0.25) is 0 Å². The fourth-order valence-corrected chi connectivity index (χ4v) is 2.15. The lowest BCUT2D eigenvalue weighted by Crippen LogP contribution is -2.41. The molecule has 6 heteroatoms. The van der Waals surface area contributed by atoms with Crippen molar-refractivity contribution in [3.05, 3.63) is 34.9 Å². The molecule has 5 nitrogen and oxygen atoms in total. The maximum absolute atomic E-state index is 11.9. The van der Waals surface area contributed by atoms with Crippen LogP contribution in [0.4, 0.5) is 0 Å². The molecule has 112 valence electrons. The van der Waals surface area contributed by atoms with E-state index in [2.05, 4.69) is 0 Å². The van der Waals surface area contributed by atoms with Gasteiger partial charge in [0.1, 0.15) is 11.3 Å². The fraction of sp³-hybridized carbons (Fsp3) is 0.333. The SMILES string of the molecule is COc1ccc(C=C2C(=O)OC(C)(C)OC2=O)cc1CCl. The Hall–Kier alpha value is -2.01. The molecular formula is C15H15ClO5. The number of carbonyl (C=O) groups excluding carboxylic acids is 2. The minimum Gasteiger partial charge on any atom is -0.496 e. The number of alkyl halides is 1. The molecule has 0 N–H and O–H groups in total. The number of hydrogen-bond acceptors (Lipinski definition) is 5. The highest BCUT2D eigenvalue weighted by Gasteiger charge is 2.38. The smallest absolute Gasteiger partial charge is 0.348 e. The van der Waals surface area contributed by atoms with Gasteiger partial charge in [-0.3, -0.25) is 0 Å². The predicted octanol–water partition coefficient (Wildman–Crippen LogP) is 2.65. The summed E-state index contributed by atoms with van der Waals surface area (Å²) in [5.74, 6) is -1.77. The lowest BCUT2D eigenvalue weighted by atomic mass is 10.1. The Bertz CT molecular complexity index is 596. The Morgan fingerprint density at radius 3 is 2.38 bits per heavy atom. The summed E-state index contributed by atoms with van der Waals surface area (Å²) in [7, 11) is 1.54. The number of ether oxygens (including phenoxy) is 3. The van der Waals surface area contributed by atoms with Gasteiger partial charge in [0, 0.05) is 19.4 Å². The van der Waals surface area contributed by atoms with E-state index < -0.39 is 17.7 Å². The van der Waals surface area contributed by atoms with E-state index in [9.17, 15) is 9.59 Å². The van der Waals surface area contributed by atoms with E-state index in [0.29, 0.717) is 11.3 Å². The lowest BCUT2D eigenvalue weighted by Gasteiger charge is -2.29. The van der Waals surface area contributed by atoms with Crippen LogP contribution in [0.5, 0.6) is 5.75 Å². The third-order valence-corrected chi connectivity index (χ3v) is 3.16. The van der Waals surface area contributed by atoms with Gasteiger partial charge in [0.15, 0.2) is 0 Å². The van der Waals surface area contributed by atoms with E-state index in [-0.39, 0.29) is 11.5 Å². The van der Waals surface area contributed by atoms with E-state index in [0.717, 1.165) is 5.56 Å². The van der Waals surface area contributed by atoms with Gasteiger partial charge in [-0.15, -0.1) is 11.6 Å². The van der Waals surface area contributed by atoms with Crippen LogP contribution >= 0.6 is 11.6 Å². The number of cyclic esters (lactones) is 2.